The van der Waals surface area contributed by atoms with E-state index in [0.29, 0.717) is 5.57 Å². The van der Waals surface area contributed by atoms with Crippen molar-refractivity contribution in [1.82, 2.24) is 5.32 Å². The van der Waals surface area contributed by atoms with Crippen molar-refractivity contribution in [2.75, 3.05) is 0 Å². The number of benzene rings is 1. The number of ether oxygens (including phenoxy) is 1. The van der Waals surface area contributed by atoms with Crippen molar-refractivity contribution in [3.8, 4) is 11.5 Å². The Morgan fingerprint density at radius 3 is 2.53 bits per heavy atom. The molecule has 10 heteroatoms. The number of halogens is 3. The van der Waals surface area contributed by atoms with Crippen LogP contribution in [-0.4, -0.2) is 34.8 Å². The first-order valence-corrected chi connectivity index (χ1v) is 10.6. The molecule has 5 rings (SSSR count). The third-order valence-corrected chi connectivity index (χ3v) is 6.95. The van der Waals surface area contributed by atoms with Gasteiger partial charge in [-0.1, -0.05) is 11.6 Å². The van der Waals surface area contributed by atoms with Gasteiger partial charge in [-0.3, -0.25) is 24.5 Å². The minimum atomic E-state index is -4.98. The largest absolute Gasteiger partial charge is 0.573 e. The van der Waals surface area contributed by atoms with E-state index in [-0.39, 0.29) is 35.1 Å². The predicted octanol–water partition coefficient (Wildman–Crippen LogP) is 3.01. The molecule has 1 aliphatic heterocycles. The highest BCUT2D eigenvalue weighted by Crippen LogP contribution is 2.55. The molecule has 4 aliphatic rings. The van der Waals surface area contributed by atoms with Gasteiger partial charge in [0.15, 0.2) is 11.6 Å². The summed E-state index contributed by atoms with van der Waals surface area (Å²) >= 11 is 0. The lowest BCUT2D eigenvalue weighted by molar-refractivity contribution is -0.274. The molecular weight excluding hydrogens is 455 g/mol. The number of phenolic OH excluding ortho intramolecular Hbond substituents is 1. The number of carbonyl (C=O) groups is 4. The maximum absolute atomic E-state index is 13.1. The number of hydrogen-bond donors (Lipinski definition) is 2. The number of imide groups is 1. The van der Waals surface area contributed by atoms with E-state index in [9.17, 15) is 37.5 Å². The second kappa shape index (κ2) is 7.41. The van der Waals surface area contributed by atoms with Crippen LogP contribution < -0.4 is 10.1 Å². The molecule has 0 unspecified atom stereocenters. The summed E-state index contributed by atoms with van der Waals surface area (Å²) in [6, 6.07) is 2.94. The zero-order chi connectivity index (χ0) is 24.5. The molecule has 3 aliphatic carbocycles. The standard InChI is InChI=1S/C24H18F3NO6/c1-9-6-17(30)20-15(21(9)31)8-13-11(3-4-12-19(13)23(33)28-22(12)32)18(20)14-7-10(2-5-16(14)29)34-24(25,26)27/h2-3,5-7,12-13,18-19,29H,4,8H2,1H3,(H,28,32,33)/t12-,13+,18+,19-/m0/s1. The van der Waals surface area contributed by atoms with Gasteiger partial charge in [0.1, 0.15) is 11.5 Å². The van der Waals surface area contributed by atoms with E-state index < -0.39 is 64.9 Å². The van der Waals surface area contributed by atoms with Crippen LogP contribution in [0.1, 0.15) is 31.2 Å². The third kappa shape index (κ3) is 3.36. The van der Waals surface area contributed by atoms with E-state index in [2.05, 4.69) is 10.1 Å². The SMILES string of the molecule is CC1=CC(=O)C2=C(C[C@@H]3C(=CC[C@@H]4C(=O)NC(=O)[C@@H]43)[C@@H]2c2cc(OC(F)(F)F)ccc2O)C1=O. The van der Waals surface area contributed by atoms with Crippen molar-refractivity contribution in [2.45, 2.75) is 32.0 Å². The van der Waals surface area contributed by atoms with Gasteiger partial charge >= 0.3 is 6.36 Å². The number of rotatable bonds is 2. The fourth-order valence-corrected chi connectivity index (χ4v) is 5.61. The molecule has 1 aromatic carbocycles. The fourth-order valence-electron chi connectivity index (χ4n) is 5.61. The van der Waals surface area contributed by atoms with Crippen LogP contribution in [0.3, 0.4) is 0 Å². The molecule has 0 radical (unpaired) electrons. The zero-order valence-electron chi connectivity index (χ0n) is 17.7. The first-order chi connectivity index (χ1) is 16.0. The van der Waals surface area contributed by atoms with Gasteiger partial charge in [-0.2, -0.15) is 0 Å². The molecule has 0 saturated carbocycles. The van der Waals surface area contributed by atoms with Crippen LogP contribution in [0.15, 0.2) is 52.6 Å². The van der Waals surface area contributed by atoms with E-state index >= 15 is 0 Å². The second-order valence-electron chi connectivity index (χ2n) is 8.85. The summed E-state index contributed by atoms with van der Waals surface area (Å²) < 4.78 is 42.6. The van der Waals surface area contributed by atoms with Crippen molar-refractivity contribution in [3.63, 3.8) is 0 Å². The van der Waals surface area contributed by atoms with Crippen LogP contribution >= 0.6 is 0 Å². The molecule has 0 aromatic heterocycles. The van der Waals surface area contributed by atoms with Crippen LogP contribution in [0.25, 0.3) is 0 Å². The van der Waals surface area contributed by atoms with Crippen molar-refractivity contribution in [3.05, 3.63) is 58.2 Å². The highest BCUT2D eigenvalue weighted by molar-refractivity contribution is 6.23. The maximum Gasteiger partial charge on any atom is 0.573 e. The van der Waals surface area contributed by atoms with E-state index in [1.165, 1.54) is 13.0 Å². The van der Waals surface area contributed by atoms with Crippen LogP contribution in [-0.2, 0) is 19.2 Å². The number of ketones is 2. The highest BCUT2D eigenvalue weighted by Gasteiger charge is 2.53. The summed E-state index contributed by atoms with van der Waals surface area (Å²) in [4.78, 5) is 51.0. The van der Waals surface area contributed by atoms with Gasteiger partial charge in [0, 0.05) is 28.2 Å². The molecular formula is C24H18F3NO6. The number of hydrogen-bond acceptors (Lipinski definition) is 6. The lowest BCUT2D eigenvalue weighted by atomic mass is 9.59. The number of Topliss-reactive ketones (excluding diaryl/α,β-unsaturated/α-hetero) is 1. The molecule has 1 heterocycles. The van der Waals surface area contributed by atoms with Crippen molar-refractivity contribution in [2.24, 2.45) is 17.8 Å². The van der Waals surface area contributed by atoms with Gasteiger partial charge in [-0.05, 0) is 50.0 Å². The predicted molar refractivity (Wildman–Crippen MR) is 109 cm³/mol. The summed E-state index contributed by atoms with van der Waals surface area (Å²) in [7, 11) is 0. The number of nitrogens with one attached hydrogen (secondary N) is 1. The molecule has 1 fully saturated rings. The van der Waals surface area contributed by atoms with Gasteiger partial charge in [-0.15, -0.1) is 13.2 Å². The van der Waals surface area contributed by atoms with Crippen LogP contribution in [0, 0.1) is 17.8 Å². The monoisotopic (exact) mass is 473 g/mol. The average molecular weight is 473 g/mol. The number of aromatic hydroxyl groups is 1. The van der Waals surface area contributed by atoms with Crippen molar-refractivity contribution >= 4 is 23.4 Å². The number of alkyl halides is 3. The molecule has 4 atom stereocenters. The first kappa shape index (κ1) is 22.1. The molecule has 2 N–H and O–H groups in total. The van der Waals surface area contributed by atoms with Crippen LogP contribution in [0.2, 0.25) is 0 Å². The summed E-state index contributed by atoms with van der Waals surface area (Å²) in [5.74, 6) is -5.94. The zero-order valence-corrected chi connectivity index (χ0v) is 17.7. The Bertz CT molecular complexity index is 1270. The quantitative estimate of drug-likeness (QED) is 0.388. The topological polar surface area (TPSA) is 110 Å². The number of phenols is 1. The number of carbonyl (C=O) groups excluding carboxylic acids is 4. The van der Waals surface area contributed by atoms with Crippen LogP contribution in [0.4, 0.5) is 13.2 Å². The Hall–Kier alpha value is -3.69. The first-order valence-electron chi connectivity index (χ1n) is 10.6. The van der Waals surface area contributed by atoms with E-state index in [1.54, 1.807) is 6.08 Å². The van der Waals surface area contributed by atoms with Crippen LogP contribution in [0.5, 0.6) is 11.5 Å². The van der Waals surface area contributed by atoms with Gasteiger partial charge in [0.2, 0.25) is 11.8 Å². The minimum Gasteiger partial charge on any atom is -0.508 e. The minimum absolute atomic E-state index is 0.0365. The van der Waals surface area contributed by atoms with Crippen molar-refractivity contribution in [1.29, 1.82) is 0 Å². The normalized spacial score (nSPS) is 28.6. The molecule has 176 valence electrons. The summed E-state index contributed by atoms with van der Waals surface area (Å²) in [6.07, 6.45) is -1.90. The smallest absolute Gasteiger partial charge is 0.508 e. The Labute approximate surface area is 191 Å². The average Bonchev–Trinajstić information content (AvgIpc) is 3.05. The number of amides is 2. The lowest BCUT2D eigenvalue weighted by Gasteiger charge is -2.42. The summed E-state index contributed by atoms with van der Waals surface area (Å²) in [5, 5.41) is 12.9. The van der Waals surface area contributed by atoms with E-state index in [1.807, 2.05) is 0 Å². The second-order valence-corrected chi connectivity index (χ2v) is 8.85. The van der Waals surface area contributed by atoms with E-state index in [4.69, 9.17) is 0 Å². The summed E-state index contributed by atoms with van der Waals surface area (Å²) in [5.41, 5.74) is 0.862. The summed E-state index contributed by atoms with van der Waals surface area (Å²) in [6.45, 7) is 1.48. The number of fused-ring (bicyclic) bond motifs is 3. The third-order valence-electron chi connectivity index (χ3n) is 6.95. The number of allylic oxidation sites excluding steroid dienone is 6. The lowest BCUT2D eigenvalue weighted by Crippen LogP contribution is -2.39. The molecule has 0 spiro atoms. The molecule has 34 heavy (non-hydrogen) atoms. The molecule has 2 amide bonds. The van der Waals surface area contributed by atoms with Gasteiger partial charge in [0.25, 0.3) is 0 Å². The molecule has 7 nitrogen and oxygen atoms in total. The Kier molecular flexibility index (Phi) is 4.82. The molecule has 0 bridgehead atoms. The fraction of sp³-hybridized carbons (Fsp3) is 0.333. The Morgan fingerprint density at radius 2 is 1.82 bits per heavy atom. The Morgan fingerprint density at radius 1 is 1.09 bits per heavy atom. The molecule has 1 aromatic rings. The highest BCUT2D eigenvalue weighted by atomic mass is 19.4. The van der Waals surface area contributed by atoms with Crippen molar-refractivity contribution < 1.29 is 42.2 Å². The van der Waals surface area contributed by atoms with E-state index in [0.717, 1.165) is 18.2 Å². The van der Waals surface area contributed by atoms with Gasteiger partial charge in [-0.25, -0.2) is 0 Å². The maximum atomic E-state index is 13.1. The molecule has 1 saturated heterocycles. The Balaban J connectivity index is 1.71. The van der Waals surface area contributed by atoms with Gasteiger partial charge < -0.3 is 9.84 Å². The van der Waals surface area contributed by atoms with Gasteiger partial charge in [0.05, 0.1) is 11.8 Å².